The first-order valence-electron chi connectivity index (χ1n) is 7.62. The van der Waals surface area contributed by atoms with E-state index in [4.69, 9.17) is 4.74 Å². The molecule has 0 bridgehead atoms. The van der Waals surface area contributed by atoms with E-state index < -0.39 is 5.82 Å². The van der Waals surface area contributed by atoms with Crippen LogP contribution >= 0.6 is 0 Å². The lowest BCUT2D eigenvalue weighted by Gasteiger charge is -2.08. The van der Waals surface area contributed by atoms with Crippen LogP contribution in [0, 0.1) is 5.82 Å². The maximum absolute atomic E-state index is 14.0. The molecular formula is C19H13FN4O. The van der Waals surface area contributed by atoms with Crippen molar-refractivity contribution >= 4 is 0 Å². The second kappa shape index (κ2) is 6.52. The van der Waals surface area contributed by atoms with Crippen molar-refractivity contribution in [1.82, 2.24) is 19.5 Å². The van der Waals surface area contributed by atoms with E-state index in [-0.39, 0.29) is 0 Å². The number of imidazole rings is 1. The van der Waals surface area contributed by atoms with E-state index >= 15 is 0 Å². The Morgan fingerprint density at radius 1 is 0.880 bits per heavy atom. The molecule has 0 fully saturated rings. The minimum atomic E-state index is -0.399. The van der Waals surface area contributed by atoms with Gasteiger partial charge in [0.25, 0.3) is 0 Å². The Morgan fingerprint density at radius 2 is 1.84 bits per heavy atom. The van der Waals surface area contributed by atoms with Crippen molar-refractivity contribution in [2.75, 3.05) is 0 Å². The lowest BCUT2D eigenvalue weighted by atomic mass is 10.2. The van der Waals surface area contributed by atoms with E-state index in [9.17, 15) is 4.39 Å². The van der Waals surface area contributed by atoms with Crippen LogP contribution in [0.1, 0.15) is 0 Å². The van der Waals surface area contributed by atoms with Gasteiger partial charge < -0.3 is 9.30 Å². The third kappa shape index (κ3) is 3.37. The summed E-state index contributed by atoms with van der Waals surface area (Å²) in [6.07, 6.45) is 8.34. The number of hydrogen-bond acceptors (Lipinski definition) is 4. The van der Waals surface area contributed by atoms with Crippen molar-refractivity contribution < 1.29 is 9.13 Å². The second-order valence-corrected chi connectivity index (χ2v) is 5.32. The molecule has 0 unspecified atom stereocenters. The molecule has 0 aliphatic heterocycles. The normalized spacial score (nSPS) is 10.6. The molecule has 0 radical (unpaired) electrons. The lowest BCUT2D eigenvalue weighted by Crippen LogP contribution is -1.93. The summed E-state index contributed by atoms with van der Waals surface area (Å²) in [6.45, 7) is 0. The largest absolute Gasteiger partial charge is 0.456 e. The second-order valence-electron chi connectivity index (χ2n) is 5.32. The zero-order valence-electron chi connectivity index (χ0n) is 13.1. The molecule has 25 heavy (non-hydrogen) atoms. The highest BCUT2D eigenvalue weighted by atomic mass is 19.1. The van der Waals surface area contributed by atoms with Gasteiger partial charge in [-0.2, -0.15) is 0 Å². The molecule has 5 nitrogen and oxygen atoms in total. The van der Waals surface area contributed by atoms with Crippen molar-refractivity contribution in [2.45, 2.75) is 0 Å². The predicted molar refractivity (Wildman–Crippen MR) is 91.1 cm³/mol. The van der Waals surface area contributed by atoms with Crippen LogP contribution in [0.2, 0.25) is 0 Å². The Kier molecular flexibility index (Phi) is 3.92. The van der Waals surface area contributed by atoms with Gasteiger partial charge in [0.05, 0.1) is 23.9 Å². The summed E-state index contributed by atoms with van der Waals surface area (Å²) >= 11 is 0. The number of ether oxygens (including phenoxy) is 1. The van der Waals surface area contributed by atoms with Gasteiger partial charge in [-0.3, -0.25) is 9.97 Å². The summed E-state index contributed by atoms with van der Waals surface area (Å²) in [7, 11) is 0. The van der Waals surface area contributed by atoms with Gasteiger partial charge >= 0.3 is 0 Å². The minimum Gasteiger partial charge on any atom is -0.456 e. The smallest absolute Gasteiger partial charge is 0.145 e. The Balaban J connectivity index is 1.66. The number of halogens is 1. The third-order valence-electron chi connectivity index (χ3n) is 3.53. The first-order valence-corrected chi connectivity index (χ1v) is 7.62. The van der Waals surface area contributed by atoms with Crippen LogP contribution in [0.25, 0.3) is 17.1 Å². The van der Waals surface area contributed by atoms with Crippen molar-refractivity contribution in [3.05, 3.63) is 85.5 Å². The standard InChI is InChI=1S/C19H13FN4O/c20-14-8-15(10-17(9-14)25-16-4-3-6-21-11-16)24-12-19(23-13-24)18-5-1-2-7-22-18/h1-13H. The Hall–Kier alpha value is -3.54. The Morgan fingerprint density at radius 3 is 2.64 bits per heavy atom. The van der Waals surface area contributed by atoms with Crippen LogP contribution in [0.3, 0.4) is 0 Å². The van der Waals surface area contributed by atoms with Gasteiger partial charge in [-0.1, -0.05) is 6.07 Å². The van der Waals surface area contributed by atoms with E-state index in [2.05, 4.69) is 15.0 Å². The molecule has 0 aliphatic carbocycles. The topological polar surface area (TPSA) is 52.8 Å². The Labute approximate surface area is 143 Å². The van der Waals surface area contributed by atoms with E-state index in [1.165, 1.54) is 12.1 Å². The predicted octanol–water partition coefficient (Wildman–Crippen LogP) is 4.26. The number of rotatable bonds is 4. The average molecular weight is 332 g/mol. The zero-order valence-corrected chi connectivity index (χ0v) is 13.1. The molecular weight excluding hydrogens is 319 g/mol. The van der Waals surface area contributed by atoms with E-state index in [1.807, 2.05) is 18.2 Å². The van der Waals surface area contributed by atoms with Crippen LogP contribution in [0.5, 0.6) is 11.5 Å². The number of pyridine rings is 2. The summed E-state index contributed by atoms with van der Waals surface area (Å²) in [5, 5.41) is 0. The first-order chi connectivity index (χ1) is 12.3. The number of benzene rings is 1. The van der Waals surface area contributed by atoms with Crippen molar-refractivity contribution in [3.8, 4) is 28.6 Å². The van der Waals surface area contributed by atoms with E-state index in [1.54, 1.807) is 53.9 Å². The molecule has 0 aliphatic rings. The molecule has 122 valence electrons. The summed E-state index contributed by atoms with van der Waals surface area (Å²) in [5.41, 5.74) is 2.07. The molecule has 0 N–H and O–H groups in total. The molecule has 0 atom stereocenters. The zero-order chi connectivity index (χ0) is 17.1. The number of nitrogens with zero attached hydrogens (tertiary/aromatic N) is 4. The van der Waals surface area contributed by atoms with Gasteiger partial charge in [-0.05, 0) is 30.3 Å². The highest BCUT2D eigenvalue weighted by Gasteiger charge is 2.08. The van der Waals surface area contributed by atoms with E-state index in [0.29, 0.717) is 22.9 Å². The molecule has 0 saturated carbocycles. The Bertz CT molecular complexity index is 987. The van der Waals surface area contributed by atoms with Gasteiger partial charge in [0.15, 0.2) is 0 Å². The summed E-state index contributed by atoms with van der Waals surface area (Å²) in [6, 6.07) is 13.6. The molecule has 4 rings (SSSR count). The monoisotopic (exact) mass is 332 g/mol. The lowest BCUT2D eigenvalue weighted by molar-refractivity contribution is 0.474. The molecule has 4 aromatic rings. The molecule has 0 saturated heterocycles. The maximum atomic E-state index is 14.0. The molecule has 3 aromatic heterocycles. The molecule has 1 aromatic carbocycles. The molecule has 6 heteroatoms. The summed E-state index contributed by atoms with van der Waals surface area (Å²) in [4.78, 5) is 12.6. The van der Waals surface area contributed by atoms with Gasteiger partial charge in [-0.15, -0.1) is 0 Å². The SMILES string of the molecule is Fc1cc(Oc2cccnc2)cc(-n2cnc(-c3ccccn3)c2)c1. The fourth-order valence-electron chi connectivity index (χ4n) is 2.41. The molecule has 0 spiro atoms. The maximum Gasteiger partial charge on any atom is 0.145 e. The average Bonchev–Trinajstić information content (AvgIpc) is 3.13. The number of aromatic nitrogens is 4. The van der Waals surface area contributed by atoms with Crippen LogP contribution in [-0.4, -0.2) is 19.5 Å². The fourth-order valence-corrected chi connectivity index (χ4v) is 2.41. The third-order valence-corrected chi connectivity index (χ3v) is 3.53. The van der Waals surface area contributed by atoms with Crippen molar-refractivity contribution in [1.29, 1.82) is 0 Å². The van der Waals surface area contributed by atoms with Crippen molar-refractivity contribution in [3.63, 3.8) is 0 Å². The number of hydrogen-bond donors (Lipinski definition) is 0. The van der Waals surface area contributed by atoms with Gasteiger partial charge in [0, 0.05) is 30.7 Å². The van der Waals surface area contributed by atoms with Crippen LogP contribution in [-0.2, 0) is 0 Å². The molecule has 0 amide bonds. The highest BCUT2D eigenvalue weighted by molar-refractivity contribution is 5.54. The van der Waals surface area contributed by atoms with E-state index in [0.717, 1.165) is 5.69 Å². The quantitative estimate of drug-likeness (QED) is 0.560. The van der Waals surface area contributed by atoms with Crippen LogP contribution in [0.4, 0.5) is 4.39 Å². The molecule has 3 heterocycles. The van der Waals surface area contributed by atoms with Crippen molar-refractivity contribution in [2.24, 2.45) is 0 Å². The summed E-state index contributed by atoms with van der Waals surface area (Å²) < 4.78 is 21.4. The van der Waals surface area contributed by atoms with Gasteiger partial charge in [0.1, 0.15) is 23.0 Å². The van der Waals surface area contributed by atoms with Gasteiger partial charge in [-0.25, -0.2) is 9.37 Å². The van der Waals surface area contributed by atoms with Gasteiger partial charge in [0.2, 0.25) is 0 Å². The first kappa shape index (κ1) is 15.0. The fraction of sp³-hybridized carbons (Fsp3) is 0. The van der Waals surface area contributed by atoms with Crippen LogP contribution < -0.4 is 4.74 Å². The summed E-state index contributed by atoms with van der Waals surface area (Å²) in [5.74, 6) is 0.527. The minimum absolute atomic E-state index is 0.385. The highest BCUT2D eigenvalue weighted by Crippen LogP contribution is 2.25. The van der Waals surface area contributed by atoms with Crippen LogP contribution in [0.15, 0.2) is 79.6 Å².